The van der Waals surface area contributed by atoms with E-state index in [9.17, 15) is 19.5 Å². The van der Waals surface area contributed by atoms with Crippen LogP contribution in [0.15, 0.2) is 48.5 Å². The molecule has 4 atom stereocenters. The number of carbonyl (C=O) groups is 3. The Morgan fingerprint density at radius 1 is 1.06 bits per heavy atom. The van der Waals surface area contributed by atoms with Crippen LogP contribution in [0.5, 0.6) is 0 Å². The highest BCUT2D eigenvalue weighted by Crippen LogP contribution is 2.44. The average molecular weight is 481 g/mol. The number of nitrogens with one attached hydrogen (secondary N) is 1. The Hall–Kier alpha value is -3.00. The average Bonchev–Trinajstić information content (AvgIpc) is 3.53. The SMILES string of the molecule is CC1SCC(C(=O)O)N1C(=O)[C@H]1CCC[C@H]1NC(=O)OCC1c2ccccc2-c2ccccc21. The fourth-order valence-electron chi connectivity index (χ4n) is 5.58. The molecule has 7 nitrogen and oxygen atoms in total. The molecule has 2 amide bonds. The molecule has 2 aromatic carbocycles. The van der Waals surface area contributed by atoms with Crippen molar-refractivity contribution in [3.8, 4) is 11.1 Å². The molecular weight excluding hydrogens is 452 g/mol. The van der Waals surface area contributed by atoms with Gasteiger partial charge in [0.2, 0.25) is 5.91 Å². The van der Waals surface area contributed by atoms with Crippen molar-refractivity contribution < 1.29 is 24.2 Å². The van der Waals surface area contributed by atoms with Gasteiger partial charge in [-0.05, 0) is 42.0 Å². The number of thioether (sulfide) groups is 1. The smallest absolute Gasteiger partial charge is 0.407 e. The van der Waals surface area contributed by atoms with Crippen LogP contribution in [0.25, 0.3) is 11.1 Å². The van der Waals surface area contributed by atoms with Crippen molar-refractivity contribution in [1.82, 2.24) is 10.2 Å². The van der Waals surface area contributed by atoms with Crippen molar-refractivity contribution in [2.45, 2.75) is 49.6 Å². The number of carboxylic acid groups (broad SMARTS) is 1. The summed E-state index contributed by atoms with van der Waals surface area (Å²) in [5.41, 5.74) is 4.62. The summed E-state index contributed by atoms with van der Waals surface area (Å²) in [4.78, 5) is 39.1. The summed E-state index contributed by atoms with van der Waals surface area (Å²) >= 11 is 1.47. The first-order valence-corrected chi connectivity index (χ1v) is 12.8. The van der Waals surface area contributed by atoms with E-state index in [2.05, 4.69) is 29.6 Å². The molecular formula is C26H28N2O5S. The van der Waals surface area contributed by atoms with Gasteiger partial charge in [0.1, 0.15) is 12.6 Å². The lowest BCUT2D eigenvalue weighted by molar-refractivity contribution is -0.151. The summed E-state index contributed by atoms with van der Waals surface area (Å²) in [6.45, 7) is 2.07. The Bertz CT molecular complexity index is 1080. The van der Waals surface area contributed by atoms with E-state index in [0.29, 0.717) is 18.6 Å². The van der Waals surface area contributed by atoms with Gasteiger partial charge in [-0.1, -0.05) is 55.0 Å². The third kappa shape index (κ3) is 4.04. The van der Waals surface area contributed by atoms with E-state index in [4.69, 9.17) is 4.74 Å². The Morgan fingerprint density at radius 3 is 2.35 bits per heavy atom. The maximum absolute atomic E-state index is 13.3. The van der Waals surface area contributed by atoms with Crippen LogP contribution < -0.4 is 5.32 Å². The van der Waals surface area contributed by atoms with Gasteiger partial charge in [-0.25, -0.2) is 9.59 Å². The summed E-state index contributed by atoms with van der Waals surface area (Å²) in [7, 11) is 0. The molecule has 34 heavy (non-hydrogen) atoms. The molecule has 2 N–H and O–H groups in total. The lowest BCUT2D eigenvalue weighted by Crippen LogP contribution is -2.51. The molecule has 178 valence electrons. The molecule has 3 aliphatic rings. The molecule has 1 heterocycles. The van der Waals surface area contributed by atoms with Crippen molar-refractivity contribution in [2.24, 2.45) is 5.92 Å². The predicted octanol–water partition coefficient (Wildman–Crippen LogP) is 4.07. The molecule has 1 saturated carbocycles. The standard InChI is InChI=1S/C26H28N2O5S/c1-15-28(23(14-34-15)25(30)31)24(29)20-11-6-12-22(20)27-26(32)33-13-21-18-9-4-2-7-16(18)17-8-3-5-10-19(17)21/h2-5,7-10,15,20-23H,6,11-14H2,1H3,(H,27,32)(H,30,31)/t15?,20-,22+,23?/m0/s1. The molecule has 1 saturated heterocycles. The van der Waals surface area contributed by atoms with E-state index in [1.54, 1.807) is 0 Å². The Labute approximate surface area is 202 Å². The van der Waals surface area contributed by atoms with Crippen molar-refractivity contribution in [1.29, 1.82) is 0 Å². The van der Waals surface area contributed by atoms with Gasteiger partial charge in [0.15, 0.2) is 0 Å². The number of nitrogens with zero attached hydrogens (tertiary/aromatic N) is 1. The van der Waals surface area contributed by atoms with Crippen molar-refractivity contribution in [3.63, 3.8) is 0 Å². The molecule has 1 aliphatic heterocycles. The van der Waals surface area contributed by atoms with Crippen LogP contribution in [0, 0.1) is 5.92 Å². The zero-order chi connectivity index (χ0) is 23.8. The zero-order valence-corrected chi connectivity index (χ0v) is 19.8. The maximum Gasteiger partial charge on any atom is 0.407 e. The Kier molecular flexibility index (Phi) is 6.25. The normalized spacial score (nSPS) is 25.6. The van der Waals surface area contributed by atoms with Crippen LogP contribution in [0.1, 0.15) is 43.2 Å². The molecule has 2 unspecified atom stereocenters. The number of carboxylic acids is 1. The van der Waals surface area contributed by atoms with Crippen molar-refractivity contribution >= 4 is 29.7 Å². The highest BCUT2D eigenvalue weighted by molar-refractivity contribution is 8.00. The van der Waals surface area contributed by atoms with E-state index >= 15 is 0 Å². The first-order chi connectivity index (χ1) is 16.5. The third-order valence-corrected chi connectivity index (χ3v) is 8.46. The minimum absolute atomic E-state index is 0.0297. The number of carbonyl (C=O) groups excluding carboxylic acids is 2. The Balaban J connectivity index is 1.24. The molecule has 8 heteroatoms. The molecule has 0 aromatic heterocycles. The molecule has 0 bridgehead atoms. The molecule has 2 aromatic rings. The zero-order valence-electron chi connectivity index (χ0n) is 19.0. The second-order valence-corrected chi connectivity index (χ2v) is 10.5. The predicted molar refractivity (Wildman–Crippen MR) is 130 cm³/mol. The van der Waals surface area contributed by atoms with E-state index in [1.807, 2.05) is 31.2 Å². The largest absolute Gasteiger partial charge is 0.480 e. The van der Waals surface area contributed by atoms with Gasteiger partial charge in [-0.3, -0.25) is 4.79 Å². The number of aliphatic carboxylic acids is 1. The van der Waals surface area contributed by atoms with E-state index in [1.165, 1.54) is 27.8 Å². The van der Waals surface area contributed by atoms with Crippen LogP contribution in [0.4, 0.5) is 4.79 Å². The van der Waals surface area contributed by atoms with Crippen molar-refractivity contribution in [2.75, 3.05) is 12.4 Å². The molecule has 2 fully saturated rings. The van der Waals surface area contributed by atoms with Gasteiger partial charge in [0, 0.05) is 17.7 Å². The number of hydrogen-bond acceptors (Lipinski definition) is 5. The van der Waals surface area contributed by atoms with Gasteiger partial charge in [-0.15, -0.1) is 11.8 Å². The van der Waals surface area contributed by atoms with Crippen LogP contribution >= 0.6 is 11.8 Å². The Morgan fingerprint density at radius 2 is 1.71 bits per heavy atom. The van der Waals surface area contributed by atoms with E-state index in [0.717, 1.165) is 17.5 Å². The first-order valence-electron chi connectivity index (χ1n) is 11.7. The number of alkyl carbamates (subject to hydrolysis) is 1. The third-order valence-electron chi connectivity index (χ3n) is 7.24. The lowest BCUT2D eigenvalue weighted by atomic mass is 9.98. The van der Waals surface area contributed by atoms with Crippen LogP contribution in [-0.2, 0) is 14.3 Å². The highest BCUT2D eigenvalue weighted by atomic mass is 32.2. The monoisotopic (exact) mass is 480 g/mol. The van der Waals surface area contributed by atoms with E-state index < -0.39 is 24.0 Å². The topological polar surface area (TPSA) is 95.9 Å². The first kappa shape index (κ1) is 22.8. The van der Waals surface area contributed by atoms with Crippen LogP contribution in [0.2, 0.25) is 0 Å². The van der Waals surface area contributed by atoms with Gasteiger partial charge in [0.05, 0.1) is 11.3 Å². The van der Waals surface area contributed by atoms with Gasteiger partial charge in [-0.2, -0.15) is 0 Å². The van der Waals surface area contributed by atoms with Crippen molar-refractivity contribution in [3.05, 3.63) is 59.7 Å². The summed E-state index contributed by atoms with van der Waals surface area (Å²) < 4.78 is 5.66. The minimum Gasteiger partial charge on any atom is -0.480 e. The summed E-state index contributed by atoms with van der Waals surface area (Å²) in [6.07, 6.45) is 1.57. The summed E-state index contributed by atoms with van der Waals surface area (Å²) in [6, 6.07) is 15.2. The fraction of sp³-hybridized carbons (Fsp3) is 0.423. The van der Waals surface area contributed by atoms with Gasteiger partial charge >= 0.3 is 12.1 Å². The fourth-order valence-corrected chi connectivity index (χ4v) is 6.75. The van der Waals surface area contributed by atoms with Crippen LogP contribution in [0.3, 0.4) is 0 Å². The maximum atomic E-state index is 13.3. The number of hydrogen-bond donors (Lipinski definition) is 2. The number of fused-ring (bicyclic) bond motifs is 3. The van der Waals surface area contributed by atoms with Crippen LogP contribution in [-0.4, -0.2) is 57.8 Å². The highest BCUT2D eigenvalue weighted by Gasteiger charge is 2.45. The molecule has 5 rings (SSSR count). The second-order valence-electron chi connectivity index (χ2n) is 9.15. The molecule has 2 aliphatic carbocycles. The minimum atomic E-state index is -0.982. The molecule has 0 radical (unpaired) electrons. The number of ether oxygens (including phenoxy) is 1. The number of benzene rings is 2. The van der Waals surface area contributed by atoms with Gasteiger partial charge in [0.25, 0.3) is 0 Å². The quantitative estimate of drug-likeness (QED) is 0.670. The summed E-state index contributed by atoms with van der Waals surface area (Å²) in [5, 5.41) is 12.2. The lowest BCUT2D eigenvalue weighted by Gasteiger charge is -2.30. The van der Waals surface area contributed by atoms with E-state index in [-0.39, 0.29) is 29.8 Å². The second kappa shape index (κ2) is 9.33. The van der Waals surface area contributed by atoms with Gasteiger partial charge < -0.3 is 20.1 Å². The summed E-state index contributed by atoms with van der Waals surface area (Å²) in [5.74, 6) is -1.24. The molecule has 0 spiro atoms. The number of rotatable bonds is 5. The number of amides is 2.